The highest BCUT2D eigenvalue weighted by molar-refractivity contribution is 4.87. The summed E-state index contributed by atoms with van der Waals surface area (Å²) in [6, 6.07) is 0. The zero-order valence-corrected chi connectivity index (χ0v) is 14.4. The van der Waals surface area contributed by atoms with E-state index in [1.54, 1.807) is 0 Å². The fraction of sp³-hybridized carbons (Fsp3) is 0.889. The van der Waals surface area contributed by atoms with E-state index in [2.05, 4.69) is 19.1 Å². The van der Waals surface area contributed by atoms with Crippen molar-refractivity contribution >= 4 is 0 Å². The Bertz CT molecular complexity index is 308. The number of allylic oxidation sites excluding steroid dienone is 2. The summed E-state index contributed by atoms with van der Waals surface area (Å²) in [5.41, 5.74) is 0. The standard InChI is InChI=1S/C18H34O5/c1-2-3-4-5-6-7-8-9-10-11-12-22-16-14-23-15(13-19)17(20)18(16)21/h6-7,15-21H,2-5,8-14H2,1H3/b7-6+/t15-,16+,17-,18-/m0/s1. The second-order valence-electron chi connectivity index (χ2n) is 6.26. The number of aliphatic hydroxyl groups excluding tert-OH is 3. The molecule has 1 fully saturated rings. The van der Waals surface area contributed by atoms with Crippen LogP contribution in [0.4, 0.5) is 0 Å². The van der Waals surface area contributed by atoms with Crippen molar-refractivity contribution in [2.45, 2.75) is 82.7 Å². The minimum absolute atomic E-state index is 0.212. The van der Waals surface area contributed by atoms with Crippen LogP contribution < -0.4 is 0 Å². The predicted octanol–water partition coefficient (Wildman–Crippen LogP) is 2.18. The third-order valence-electron chi connectivity index (χ3n) is 4.25. The fourth-order valence-electron chi connectivity index (χ4n) is 2.69. The molecule has 1 heterocycles. The number of hydrogen-bond donors (Lipinski definition) is 3. The molecule has 0 unspecified atom stereocenters. The van der Waals surface area contributed by atoms with Crippen LogP contribution in [0.1, 0.15) is 58.3 Å². The summed E-state index contributed by atoms with van der Waals surface area (Å²) in [6.45, 7) is 2.69. The molecule has 4 atom stereocenters. The average Bonchev–Trinajstić information content (AvgIpc) is 2.56. The van der Waals surface area contributed by atoms with E-state index in [0.717, 1.165) is 25.7 Å². The predicted molar refractivity (Wildman–Crippen MR) is 90.3 cm³/mol. The van der Waals surface area contributed by atoms with Gasteiger partial charge >= 0.3 is 0 Å². The van der Waals surface area contributed by atoms with Gasteiger partial charge in [0.1, 0.15) is 24.4 Å². The lowest BCUT2D eigenvalue weighted by atomic mass is 10.0. The third-order valence-corrected chi connectivity index (χ3v) is 4.25. The van der Waals surface area contributed by atoms with Gasteiger partial charge < -0.3 is 24.8 Å². The average molecular weight is 330 g/mol. The summed E-state index contributed by atoms with van der Waals surface area (Å²) in [6.07, 6.45) is 10.6. The minimum Gasteiger partial charge on any atom is -0.394 e. The van der Waals surface area contributed by atoms with E-state index in [9.17, 15) is 10.2 Å². The first-order valence-electron chi connectivity index (χ1n) is 9.05. The van der Waals surface area contributed by atoms with Gasteiger partial charge in [-0.2, -0.15) is 0 Å². The van der Waals surface area contributed by atoms with Crippen molar-refractivity contribution < 1.29 is 24.8 Å². The Hall–Kier alpha value is -0.460. The molecular weight excluding hydrogens is 296 g/mol. The van der Waals surface area contributed by atoms with Gasteiger partial charge in [-0.1, -0.05) is 38.3 Å². The summed E-state index contributed by atoms with van der Waals surface area (Å²) in [5.74, 6) is 0. The quantitative estimate of drug-likeness (QED) is 0.377. The largest absolute Gasteiger partial charge is 0.394 e. The molecule has 0 saturated carbocycles. The van der Waals surface area contributed by atoms with Crippen LogP contribution in [-0.2, 0) is 9.47 Å². The summed E-state index contributed by atoms with van der Waals surface area (Å²) in [7, 11) is 0. The highest BCUT2D eigenvalue weighted by Crippen LogP contribution is 2.18. The van der Waals surface area contributed by atoms with E-state index in [1.165, 1.54) is 25.7 Å². The summed E-state index contributed by atoms with van der Waals surface area (Å²) in [5, 5.41) is 28.7. The first-order chi connectivity index (χ1) is 11.2. The smallest absolute Gasteiger partial charge is 0.111 e. The normalized spacial score (nSPS) is 28.5. The van der Waals surface area contributed by atoms with E-state index in [4.69, 9.17) is 14.6 Å². The number of aliphatic hydroxyl groups is 3. The van der Waals surface area contributed by atoms with Crippen molar-refractivity contribution in [3.05, 3.63) is 12.2 Å². The van der Waals surface area contributed by atoms with Crippen LogP contribution in [0.25, 0.3) is 0 Å². The van der Waals surface area contributed by atoms with Crippen LogP contribution in [0, 0.1) is 0 Å². The molecule has 0 aromatic carbocycles. The Morgan fingerprint density at radius 2 is 1.70 bits per heavy atom. The second-order valence-corrected chi connectivity index (χ2v) is 6.26. The molecule has 0 radical (unpaired) electrons. The van der Waals surface area contributed by atoms with Gasteiger partial charge in [-0.15, -0.1) is 0 Å². The Morgan fingerprint density at radius 3 is 2.35 bits per heavy atom. The van der Waals surface area contributed by atoms with Crippen LogP contribution in [0.3, 0.4) is 0 Å². The molecule has 0 bridgehead atoms. The van der Waals surface area contributed by atoms with Crippen molar-refractivity contribution in [3.63, 3.8) is 0 Å². The van der Waals surface area contributed by atoms with Crippen molar-refractivity contribution in [1.29, 1.82) is 0 Å². The van der Waals surface area contributed by atoms with Crippen molar-refractivity contribution in [2.75, 3.05) is 19.8 Å². The molecule has 0 amide bonds. The van der Waals surface area contributed by atoms with Crippen LogP contribution in [0.15, 0.2) is 12.2 Å². The third kappa shape index (κ3) is 8.27. The molecule has 5 heteroatoms. The molecule has 3 N–H and O–H groups in total. The topological polar surface area (TPSA) is 79.2 Å². The molecule has 136 valence electrons. The Morgan fingerprint density at radius 1 is 1.00 bits per heavy atom. The molecule has 0 aromatic rings. The number of rotatable bonds is 12. The summed E-state index contributed by atoms with van der Waals surface area (Å²) >= 11 is 0. The zero-order valence-electron chi connectivity index (χ0n) is 14.4. The maximum absolute atomic E-state index is 9.93. The molecule has 1 saturated heterocycles. The van der Waals surface area contributed by atoms with Gasteiger partial charge in [0.2, 0.25) is 0 Å². The van der Waals surface area contributed by atoms with Gasteiger partial charge in [0.15, 0.2) is 0 Å². The molecule has 0 aliphatic carbocycles. The highest BCUT2D eigenvalue weighted by Gasteiger charge is 2.38. The van der Waals surface area contributed by atoms with Crippen molar-refractivity contribution in [3.8, 4) is 0 Å². The fourth-order valence-corrected chi connectivity index (χ4v) is 2.69. The number of hydrogen-bond acceptors (Lipinski definition) is 5. The van der Waals surface area contributed by atoms with E-state index < -0.39 is 24.4 Å². The Balaban J connectivity index is 1.99. The molecule has 1 rings (SSSR count). The number of ether oxygens (including phenoxy) is 2. The second kappa shape index (κ2) is 12.9. The van der Waals surface area contributed by atoms with E-state index in [-0.39, 0.29) is 13.2 Å². The van der Waals surface area contributed by atoms with Crippen molar-refractivity contribution in [2.24, 2.45) is 0 Å². The lowest BCUT2D eigenvalue weighted by Crippen LogP contribution is -2.55. The van der Waals surface area contributed by atoms with Gasteiger partial charge in [0, 0.05) is 6.61 Å². The van der Waals surface area contributed by atoms with Gasteiger partial charge in [-0.25, -0.2) is 0 Å². The van der Waals surface area contributed by atoms with E-state index >= 15 is 0 Å². The van der Waals surface area contributed by atoms with Gasteiger partial charge in [0.25, 0.3) is 0 Å². The summed E-state index contributed by atoms with van der Waals surface area (Å²) < 4.78 is 10.9. The first kappa shape index (κ1) is 20.6. The molecule has 23 heavy (non-hydrogen) atoms. The zero-order chi connectivity index (χ0) is 16.9. The molecule has 1 aliphatic rings. The van der Waals surface area contributed by atoms with Gasteiger partial charge in [0.05, 0.1) is 13.2 Å². The molecular formula is C18H34O5. The molecule has 5 nitrogen and oxygen atoms in total. The first-order valence-corrected chi connectivity index (χ1v) is 9.05. The SMILES string of the molecule is CCCCC/C=C/CCCCCO[C@@H]1CO[C@@H](CO)[C@H](O)[C@H]1O. The van der Waals surface area contributed by atoms with Crippen LogP contribution in [-0.4, -0.2) is 59.6 Å². The molecule has 0 aromatic heterocycles. The lowest BCUT2D eigenvalue weighted by molar-refractivity contribution is -0.208. The van der Waals surface area contributed by atoms with Gasteiger partial charge in [-0.3, -0.25) is 0 Å². The number of unbranched alkanes of at least 4 members (excludes halogenated alkanes) is 6. The lowest BCUT2D eigenvalue weighted by Gasteiger charge is -2.36. The highest BCUT2D eigenvalue weighted by atomic mass is 16.6. The van der Waals surface area contributed by atoms with E-state index in [0.29, 0.717) is 6.61 Å². The minimum atomic E-state index is -1.09. The summed E-state index contributed by atoms with van der Waals surface area (Å²) in [4.78, 5) is 0. The maximum Gasteiger partial charge on any atom is 0.111 e. The Kier molecular flexibility index (Phi) is 11.5. The molecule has 1 aliphatic heterocycles. The molecule has 0 spiro atoms. The van der Waals surface area contributed by atoms with Crippen LogP contribution in [0.5, 0.6) is 0 Å². The Labute approximate surface area is 140 Å². The van der Waals surface area contributed by atoms with Gasteiger partial charge in [-0.05, 0) is 32.1 Å². The monoisotopic (exact) mass is 330 g/mol. The van der Waals surface area contributed by atoms with Crippen LogP contribution >= 0.6 is 0 Å². The van der Waals surface area contributed by atoms with Crippen LogP contribution in [0.2, 0.25) is 0 Å². The van der Waals surface area contributed by atoms with Crippen molar-refractivity contribution in [1.82, 2.24) is 0 Å². The maximum atomic E-state index is 9.93. The van der Waals surface area contributed by atoms with E-state index in [1.807, 2.05) is 0 Å².